The first-order valence-electron chi connectivity index (χ1n) is 7.79. The molecule has 5 aromatic rings. The molecule has 0 spiro atoms. The molecular weight excluding hydrogens is 280 g/mol. The minimum absolute atomic E-state index is 0.944. The highest BCUT2D eigenvalue weighted by atomic mass is 16.3. The number of benzene rings is 4. The lowest BCUT2D eigenvalue weighted by Gasteiger charge is -2.07. The first-order valence-corrected chi connectivity index (χ1v) is 7.79. The quantitative estimate of drug-likeness (QED) is 0.348. The summed E-state index contributed by atoms with van der Waals surface area (Å²) in [5.74, 6) is 0. The van der Waals surface area contributed by atoms with Gasteiger partial charge in [-0.2, -0.15) is 0 Å². The second-order valence-electron chi connectivity index (χ2n) is 5.84. The highest BCUT2D eigenvalue weighted by Crippen LogP contribution is 2.35. The van der Waals surface area contributed by atoms with Crippen LogP contribution in [0, 0.1) is 0 Å². The molecule has 5 rings (SSSR count). The molecule has 0 bridgehead atoms. The van der Waals surface area contributed by atoms with Crippen molar-refractivity contribution >= 4 is 32.7 Å². The van der Waals surface area contributed by atoms with Gasteiger partial charge in [0.1, 0.15) is 11.2 Å². The molecule has 1 nitrogen and oxygen atoms in total. The van der Waals surface area contributed by atoms with Crippen LogP contribution in [-0.2, 0) is 0 Å². The third-order valence-corrected chi connectivity index (χ3v) is 4.46. The van der Waals surface area contributed by atoms with Crippen molar-refractivity contribution in [2.75, 3.05) is 0 Å². The van der Waals surface area contributed by atoms with Crippen molar-refractivity contribution in [1.29, 1.82) is 0 Å². The Labute approximate surface area is 133 Å². The second-order valence-corrected chi connectivity index (χ2v) is 5.84. The van der Waals surface area contributed by atoms with Gasteiger partial charge >= 0.3 is 0 Å². The molecule has 108 valence electrons. The Balaban J connectivity index is 1.92. The average Bonchev–Trinajstić information content (AvgIpc) is 2.97. The minimum atomic E-state index is 0.944. The zero-order valence-corrected chi connectivity index (χ0v) is 12.5. The molecule has 23 heavy (non-hydrogen) atoms. The van der Waals surface area contributed by atoms with Gasteiger partial charge in [-0.05, 0) is 40.1 Å². The minimum Gasteiger partial charge on any atom is -0.456 e. The predicted octanol–water partition coefficient (Wildman–Crippen LogP) is 6.41. The molecule has 0 atom stereocenters. The summed E-state index contributed by atoms with van der Waals surface area (Å²) in [7, 11) is 0. The molecule has 0 unspecified atom stereocenters. The van der Waals surface area contributed by atoms with E-state index in [2.05, 4.69) is 72.8 Å². The molecule has 0 radical (unpaired) electrons. The summed E-state index contributed by atoms with van der Waals surface area (Å²) in [5.41, 5.74) is 4.39. The van der Waals surface area contributed by atoms with E-state index < -0.39 is 0 Å². The Morgan fingerprint density at radius 1 is 0.522 bits per heavy atom. The molecule has 0 saturated carbocycles. The number of hydrogen-bond acceptors (Lipinski definition) is 1. The highest BCUT2D eigenvalue weighted by molar-refractivity contribution is 6.12. The van der Waals surface area contributed by atoms with Crippen LogP contribution in [0.1, 0.15) is 0 Å². The molecule has 1 heterocycles. The highest BCUT2D eigenvalue weighted by Gasteiger charge is 2.10. The van der Waals surface area contributed by atoms with Crippen LogP contribution in [0.3, 0.4) is 0 Å². The lowest BCUT2D eigenvalue weighted by atomic mass is 9.97. The van der Waals surface area contributed by atoms with Crippen LogP contribution in [0.25, 0.3) is 43.8 Å². The summed E-state index contributed by atoms with van der Waals surface area (Å²) < 4.78 is 6.01. The predicted molar refractivity (Wildman–Crippen MR) is 96.7 cm³/mol. The van der Waals surface area contributed by atoms with Gasteiger partial charge < -0.3 is 4.42 Å². The summed E-state index contributed by atoms with van der Waals surface area (Å²) >= 11 is 0. The fraction of sp³-hybridized carbons (Fsp3) is 0. The summed E-state index contributed by atoms with van der Waals surface area (Å²) in [6.07, 6.45) is 0. The Hall–Kier alpha value is -3.06. The third-order valence-electron chi connectivity index (χ3n) is 4.46. The topological polar surface area (TPSA) is 13.1 Å². The van der Waals surface area contributed by atoms with Crippen LogP contribution in [0.2, 0.25) is 0 Å². The fourth-order valence-electron chi connectivity index (χ4n) is 3.37. The molecule has 0 aliphatic heterocycles. The molecule has 0 saturated heterocycles. The first kappa shape index (κ1) is 12.5. The molecule has 1 heteroatoms. The van der Waals surface area contributed by atoms with Gasteiger partial charge in [0.2, 0.25) is 0 Å². The molecule has 0 amide bonds. The summed E-state index contributed by atoms with van der Waals surface area (Å²) in [6.45, 7) is 0. The van der Waals surface area contributed by atoms with Gasteiger partial charge in [0.25, 0.3) is 0 Å². The van der Waals surface area contributed by atoms with Crippen LogP contribution in [0.5, 0.6) is 0 Å². The number of furan rings is 1. The largest absolute Gasteiger partial charge is 0.456 e. The second kappa shape index (κ2) is 4.72. The van der Waals surface area contributed by atoms with Crippen molar-refractivity contribution in [3.8, 4) is 11.1 Å². The summed E-state index contributed by atoms with van der Waals surface area (Å²) in [4.78, 5) is 0. The number of fused-ring (bicyclic) bond motifs is 4. The first-order chi connectivity index (χ1) is 11.4. The van der Waals surface area contributed by atoms with Crippen molar-refractivity contribution in [3.05, 3.63) is 84.9 Å². The van der Waals surface area contributed by atoms with Crippen LogP contribution in [0.15, 0.2) is 89.3 Å². The normalized spacial score (nSPS) is 11.5. The number of para-hydroxylation sites is 1. The molecule has 1 aromatic heterocycles. The Kier molecular flexibility index (Phi) is 2.56. The number of hydrogen-bond donors (Lipinski definition) is 0. The molecule has 0 fully saturated rings. The Morgan fingerprint density at radius 3 is 2.26 bits per heavy atom. The van der Waals surface area contributed by atoms with E-state index in [0.717, 1.165) is 11.2 Å². The maximum Gasteiger partial charge on any atom is 0.136 e. The lowest BCUT2D eigenvalue weighted by molar-refractivity contribution is 0.669. The van der Waals surface area contributed by atoms with E-state index in [4.69, 9.17) is 4.42 Å². The molecular formula is C22H14O. The summed E-state index contributed by atoms with van der Waals surface area (Å²) in [5, 5.41) is 4.82. The van der Waals surface area contributed by atoms with Gasteiger partial charge in [-0.3, -0.25) is 0 Å². The lowest BCUT2D eigenvalue weighted by Crippen LogP contribution is -1.81. The molecule has 0 aliphatic rings. The van der Waals surface area contributed by atoms with Gasteiger partial charge in [0.15, 0.2) is 0 Å². The van der Waals surface area contributed by atoms with Crippen LogP contribution in [-0.4, -0.2) is 0 Å². The molecule has 0 aliphatic carbocycles. The van der Waals surface area contributed by atoms with E-state index in [0.29, 0.717) is 0 Å². The van der Waals surface area contributed by atoms with E-state index in [1.54, 1.807) is 0 Å². The van der Waals surface area contributed by atoms with E-state index in [1.165, 1.54) is 32.7 Å². The monoisotopic (exact) mass is 294 g/mol. The number of rotatable bonds is 1. The zero-order valence-electron chi connectivity index (χ0n) is 12.5. The third kappa shape index (κ3) is 1.87. The smallest absolute Gasteiger partial charge is 0.136 e. The van der Waals surface area contributed by atoms with Gasteiger partial charge in [-0.1, -0.05) is 66.7 Å². The Morgan fingerprint density at radius 2 is 1.35 bits per heavy atom. The van der Waals surface area contributed by atoms with Crippen molar-refractivity contribution < 1.29 is 4.42 Å². The van der Waals surface area contributed by atoms with Crippen molar-refractivity contribution in [3.63, 3.8) is 0 Å². The van der Waals surface area contributed by atoms with Crippen LogP contribution >= 0.6 is 0 Å². The van der Waals surface area contributed by atoms with Crippen LogP contribution in [0.4, 0.5) is 0 Å². The Bertz CT molecular complexity index is 1150. The van der Waals surface area contributed by atoms with Gasteiger partial charge in [0, 0.05) is 10.8 Å². The van der Waals surface area contributed by atoms with E-state index in [-0.39, 0.29) is 0 Å². The van der Waals surface area contributed by atoms with Crippen molar-refractivity contribution in [1.82, 2.24) is 0 Å². The molecule has 0 N–H and O–H groups in total. The van der Waals surface area contributed by atoms with Gasteiger partial charge in [0.05, 0.1) is 0 Å². The van der Waals surface area contributed by atoms with E-state index in [1.807, 2.05) is 12.1 Å². The average molecular weight is 294 g/mol. The van der Waals surface area contributed by atoms with Crippen molar-refractivity contribution in [2.24, 2.45) is 0 Å². The SMILES string of the molecule is c1ccc(-c2cccc3cc4oc5ccccc5c4cc23)cc1. The maximum absolute atomic E-state index is 6.01. The van der Waals surface area contributed by atoms with E-state index >= 15 is 0 Å². The molecule has 4 aromatic carbocycles. The van der Waals surface area contributed by atoms with Gasteiger partial charge in [-0.15, -0.1) is 0 Å². The van der Waals surface area contributed by atoms with E-state index in [9.17, 15) is 0 Å². The van der Waals surface area contributed by atoms with Gasteiger partial charge in [-0.25, -0.2) is 0 Å². The standard InChI is InChI=1S/C22H14O/c1-2-7-15(8-3-1)17-11-6-9-16-13-22-20(14-19(16)17)18-10-4-5-12-21(18)23-22/h1-14H. The maximum atomic E-state index is 6.01. The summed E-state index contributed by atoms with van der Waals surface area (Å²) in [6, 6.07) is 29.6. The fourth-order valence-corrected chi connectivity index (χ4v) is 3.37. The van der Waals surface area contributed by atoms with Crippen LogP contribution < -0.4 is 0 Å². The van der Waals surface area contributed by atoms with Crippen molar-refractivity contribution in [2.45, 2.75) is 0 Å². The zero-order chi connectivity index (χ0) is 15.2.